The minimum atomic E-state index is 0.954. The van der Waals surface area contributed by atoms with Gasteiger partial charge in [0, 0.05) is 0 Å². The van der Waals surface area contributed by atoms with Crippen molar-refractivity contribution in [2.45, 2.75) is 45.1 Å². The summed E-state index contributed by atoms with van der Waals surface area (Å²) in [4.78, 5) is 0. The molecule has 0 N–H and O–H groups in total. The number of rotatable bonds is 1. The van der Waals surface area contributed by atoms with Crippen molar-refractivity contribution < 1.29 is 0 Å². The third kappa shape index (κ3) is 0.907. The van der Waals surface area contributed by atoms with E-state index >= 15 is 0 Å². The first kappa shape index (κ1) is 6.76. The van der Waals surface area contributed by atoms with E-state index in [0.29, 0.717) is 0 Å². The maximum atomic E-state index is 2.39. The molecule has 0 aromatic rings. The summed E-state index contributed by atoms with van der Waals surface area (Å²) in [5.74, 6) is 3.36. The Balaban J connectivity index is 2.02. The van der Waals surface area contributed by atoms with Crippen molar-refractivity contribution in [1.29, 1.82) is 0 Å². The molecule has 0 amide bonds. The average Bonchev–Trinajstić information content (AvgIpc) is 2.44. The van der Waals surface area contributed by atoms with Crippen LogP contribution in [-0.4, -0.2) is 6.71 Å². The standard InChI is InChI=1S/C9H17B/c1-10(2)9-6-7-3-4-8(9)5-7/h7-9H,3-6H2,1-2H3. The summed E-state index contributed by atoms with van der Waals surface area (Å²) < 4.78 is 0. The second-order valence-corrected chi connectivity index (χ2v) is 4.58. The number of hydrogen-bond acceptors (Lipinski definition) is 0. The van der Waals surface area contributed by atoms with Crippen LogP contribution in [0, 0.1) is 11.8 Å². The molecule has 0 heterocycles. The van der Waals surface area contributed by atoms with Gasteiger partial charge in [-0.25, -0.2) is 0 Å². The van der Waals surface area contributed by atoms with E-state index in [0.717, 1.165) is 24.4 Å². The number of hydrogen-bond donors (Lipinski definition) is 0. The smallest absolute Gasteiger partial charge is 0.0861 e. The van der Waals surface area contributed by atoms with Gasteiger partial charge in [-0.1, -0.05) is 38.7 Å². The van der Waals surface area contributed by atoms with Gasteiger partial charge in [0.05, 0.1) is 0 Å². The molecule has 2 fully saturated rings. The van der Waals surface area contributed by atoms with Gasteiger partial charge < -0.3 is 0 Å². The van der Waals surface area contributed by atoms with Crippen molar-refractivity contribution in [2.75, 3.05) is 0 Å². The SMILES string of the molecule is CB(C)C1CC2CCC1C2. The normalized spacial score (nSPS) is 44.4. The largest absolute Gasteiger partial charge is 0.137 e. The monoisotopic (exact) mass is 136 g/mol. The minimum Gasteiger partial charge on any atom is -0.0861 e. The Morgan fingerprint density at radius 1 is 1.10 bits per heavy atom. The molecule has 56 valence electrons. The third-order valence-corrected chi connectivity index (χ3v) is 3.65. The van der Waals surface area contributed by atoms with Crippen molar-refractivity contribution in [3.05, 3.63) is 0 Å². The predicted octanol–water partition coefficient (Wildman–Crippen LogP) is 2.93. The quantitative estimate of drug-likeness (QED) is 0.486. The van der Waals surface area contributed by atoms with E-state index in [4.69, 9.17) is 0 Å². The van der Waals surface area contributed by atoms with Gasteiger partial charge in [-0.2, -0.15) is 0 Å². The van der Waals surface area contributed by atoms with Crippen molar-refractivity contribution >= 4 is 6.71 Å². The molecule has 2 aliphatic rings. The van der Waals surface area contributed by atoms with Crippen LogP contribution in [0.4, 0.5) is 0 Å². The van der Waals surface area contributed by atoms with Gasteiger partial charge in [-0.3, -0.25) is 0 Å². The van der Waals surface area contributed by atoms with Crippen LogP contribution in [0.15, 0.2) is 0 Å². The van der Waals surface area contributed by atoms with E-state index < -0.39 is 0 Å². The summed E-state index contributed by atoms with van der Waals surface area (Å²) in [6.07, 6.45) is 6.23. The molecule has 1 heteroatoms. The lowest BCUT2D eigenvalue weighted by molar-refractivity contribution is 0.474. The molecule has 0 aromatic carbocycles. The van der Waals surface area contributed by atoms with E-state index in [-0.39, 0.29) is 0 Å². The molecule has 0 aromatic heterocycles. The van der Waals surface area contributed by atoms with Crippen molar-refractivity contribution in [2.24, 2.45) is 11.8 Å². The Morgan fingerprint density at radius 3 is 2.20 bits per heavy atom. The lowest BCUT2D eigenvalue weighted by Crippen LogP contribution is -2.17. The average molecular weight is 136 g/mol. The first-order valence-corrected chi connectivity index (χ1v) is 4.77. The van der Waals surface area contributed by atoms with Crippen LogP contribution in [0.5, 0.6) is 0 Å². The molecular weight excluding hydrogens is 119 g/mol. The van der Waals surface area contributed by atoms with E-state index in [9.17, 15) is 0 Å². The van der Waals surface area contributed by atoms with Crippen LogP contribution in [0.25, 0.3) is 0 Å². The van der Waals surface area contributed by atoms with Gasteiger partial charge in [-0.05, 0) is 18.3 Å². The van der Waals surface area contributed by atoms with Gasteiger partial charge in [0.1, 0.15) is 6.71 Å². The zero-order valence-corrected chi connectivity index (χ0v) is 7.14. The first-order chi connectivity index (χ1) is 4.77. The zero-order chi connectivity index (χ0) is 7.14. The van der Waals surface area contributed by atoms with Crippen molar-refractivity contribution in [3.8, 4) is 0 Å². The van der Waals surface area contributed by atoms with Crippen LogP contribution in [0.1, 0.15) is 25.7 Å². The van der Waals surface area contributed by atoms with Crippen molar-refractivity contribution in [3.63, 3.8) is 0 Å². The molecule has 2 aliphatic carbocycles. The molecule has 0 radical (unpaired) electrons. The Kier molecular flexibility index (Phi) is 1.54. The highest BCUT2D eigenvalue weighted by Crippen LogP contribution is 2.52. The highest BCUT2D eigenvalue weighted by atomic mass is 14.4. The zero-order valence-electron chi connectivity index (χ0n) is 7.14. The fourth-order valence-corrected chi connectivity index (χ4v) is 3.11. The fraction of sp³-hybridized carbons (Fsp3) is 1.00. The second-order valence-electron chi connectivity index (χ2n) is 4.58. The number of fused-ring (bicyclic) bond motifs is 2. The lowest BCUT2D eigenvalue weighted by atomic mass is 9.41. The molecule has 0 aliphatic heterocycles. The molecule has 0 nitrogen and oxygen atoms in total. The molecule has 3 atom stereocenters. The Labute approximate surface area is 64.5 Å². The van der Waals surface area contributed by atoms with Crippen LogP contribution in [0.2, 0.25) is 19.5 Å². The van der Waals surface area contributed by atoms with E-state index in [1.165, 1.54) is 0 Å². The summed E-state index contributed by atoms with van der Waals surface area (Å²) in [6.45, 7) is 5.74. The molecule has 2 bridgehead atoms. The summed E-state index contributed by atoms with van der Waals surface area (Å²) in [7, 11) is 0. The van der Waals surface area contributed by atoms with E-state index in [1.807, 2.05) is 0 Å². The molecule has 0 spiro atoms. The maximum absolute atomic E-state index is 2.39. The molecule has 10 heavy (non-hydrogen) atoms. The summed E-state index contributed by atoms with van der Waals surface area (Å²) in [5.41, 5.74) is 0. The third-order valence-electron chi connectivity index (χ3n) is 3.65. The highest BCUT2D eigenvalue weighted by molar-refractivity contribution is 6.57. The predicted molar refractivity (Wildman–Crippen MR) is 46.7 cm³/mol. The van der Waals surface area contributed by atoms with E-state index in [1.54, 1.807) is 25.7 Å². The lowest BCUT2D eigenvalue weighted by Gasteiger charge is -2.23. The Hall–Kier alpha value is 0.0649. The van der Waals surface area contributed by atoms with Crippen LogP contribution >= 0.6 is 0 Å². The van der Waals surface area contributed by atoms with Gasteiger partial charge >= 0.3 is 0 Å². The molecule has 0 saturated heterocycles. The van der Waals surface area contributed by atoms with E-state index in [2.05, 4.69) is 13.6 Å². The van der Waals surface area contributed by atoms with Gasteiger partial charge in [0.15, 0.2) is 0 Å². The maximum Gasteiger partial charge on any atom is 0.137 e. The summed E-state index contributed by atoms with van der Waals surface area (Å²) >= 11 is 0. The minimum absolute atomic E-state index is 0.954. The Morgan fingerprint density at radius 2 is 1.90 bits per heavy atom. The highest BCUT2D eigenvalue weighted by Gasteiger charge is 2.40. The topological polar surface area (TPSA) is 0 Å². The van der Waals surface area contributed by atoms with Gasteiger partial charge in [0.25, 0.3) is 0 Å². The fourth-order valence-electron chi connectivity index (χ4n) is 3.11. The molecule has 3 unspecified atom stereocenters. The molecular formula is C9H17B. The molecule has 2 rings (SSSR count). The van der Waals surface area contributed by atoms with Gasteiger partial charge in [0.2, 0.25) is 0 Å². The van der Waals surface area contributed by atoms with Crippen LogP contribution in [-0.2, 0) is 0 Å². The molecule has 2 saturated carbocycles. The van der Waals surface area contributed by atoms with Crippen LogP contribution < -0.4 is 0 Å². The Bertz CT molecular complexity index is 131. The summed E-state index contributed by atoms with van der Waals surface area (Å²) in [6, 6.07) is 0. The summed E-state index contributed by atoms with van der Waals surface area (Å²) in [5, 5.41) is 0. The van der Waals surface area contributed by atoms with Crippen LogP contribution in [0.3, 0.4) is 0 Å². The second kappa shape index (κ2) is 2.28. The van der Waals surface area contributed by atoms with Crippen molar-refractivity contribution in [1.82, 2.24) is 0 Å². The van der Waals surface area contributed by atoms with Gasteiger partial charge in [-0.15, -0.1) is 0 Å². The first-order valence-electron chi connectivity index (χ1n) is 4.77.